The molecule has 0 radical (unpaired) electrons. The number of aromatic nitrogens is 6. The minimum Gasteiger partial charge on any atom is -0.368 e. The lowest BCUT2D eigenvalue weighted by molar-refractivity contribution is -0.0802. The summed E-state index contributed by atoms with van der Waals surface area (Å²) in [5.41, 5.74) is 4.58. The van der Waals surface area contributed by atoms with E-state index in [2.05, 4.69) is 19.9 Å². The number of ether oxygens (including phenoxy) is 1. The zero-order valence-electron chi connectivity index (χ0n) is 17.4. The van der Waals surface area contributed by atoms with Crippen molar-refractivity contribution in [3.05, 3.63) is 60.3 Å². The van der Waals surface area contributed by atoms with Crippen LogP contribution in [-0.2, 0) is 23.8 Å². The van der Waals surface area contributed by atoms with Gasteiger partial charge in [0.15, 0.2) is 11.5 Å². The number of rotatable bonds is 2. The maximum Gasteiger partial charge on any atom is 0.227 e. The van der Waals surface area contributed by atoms with Gasteiger partial charge in [-0.05, 0) is 24.8 Å². The summed E-state index contributed by atoms with van der Waals surface area (Å²) in [6, 6.07) is 10.1. The van der Waals surface area contributed by atoms with Gasteiger partial charge < -0.3 is 14.2 Å². The van der Waals surface area contributed by atoms with Gasteiger partial charge in [0.05, 0.1) is 24.8 Å². The number of benzene rings is 1. The lowest BCUT2D eigenvalue weighted by Crippen LogP contribution is -2.47. The molecular formula is C23H23N7O. The van der Waals surface area contributed by atoms with Gasteiger partial charge in [-0.25, -0.2) is 19.9 Å². The smallest absolute Gasteiger partial charge is 0.227 e. The van der Waals surface area contributed by atoms with Gasteiger partial charge in [0, 0.05) is 31.9 Å². The zero-order chi connectivity index (χ0) is 20.8. The predicted octanol–water partition coefficient (Wildman–Crippen LogP) is 2.89. The van der Waals surface area contributed by atoms with Gasteiger partial charge in [-0.15, -0.1) is 0 Å². The molecule has 1 spiro atoms. The van der Waals surface area contributed by atoms with Crippen LogP contribution >= 0.6 is 0 Å². The van der Waals surface area contributed by atoms with Crippen LogP contribution in [0.25, 0.3) is 22.6 Å². The summed E-state index contributed by atoms with van der Waals surface area (Å²) in [5, 5.41) is 0. The van der Waals surface area contributed by atoms with Crippen molar-refractivity contribution in [1.29, 1.82) is 0 Å². The van der Waals surface area contributed by atoms with Crippen LogP contribution in [0.4, 0.5) is 5.95 Å². The van der Waals surface area contributed by atoms with Crippen molar-refractivity contribution in [3.8, 4) is 11.4 Å². The molecular weight excluding hydrogens is 390 g/mol. The number of fused-ring (bicyclic) bond motifs is 3. The number of imidazole rings is 1. The van der Waals surface area contributed by atoms with Gasteiger partial charge in [0.1, 0.15) is 11.1 Å². The van der Waals surface area contributed by atoms with Gasteiger partial charge >= 0.3 is 0 Å². The summed E-state index contributed by atoms with van der Waals surface area (Å²) in [6.45, 7) is 2.33. The Morgan fingerprint density at radius 2 is 1.81 bits per heavy atom. The van der Waals surface area contributed by atoms with Gasteiger partial charge in [-0.1, -0.05) is 30.3 Å². The number of hydrogen-bond acceptors (Lipinski definition) is 7. The maximum absolute atomic E-state index is 6.41. The van der Waals surface area contributed by atoms with E-state index in [-0.39, 0.29) is 5.60 Å². The van der Waals surface area contributed by atoms with E-state index in [1.165, 1.54) is 5.56 Å². The lowest BCUT2D eigenvalue weighted by Gasteiger charge is -2.44. The summed E-state index contributed by atoms with van der Waals surface area (Å²) in [7, 11) is 1.95. The Labute approximate surface area is 180 Å². The molecule has 5 heterocycles. The van der Waals surface area contributed by atoms with Gasteiger partial charge in [0.2, 0.25) is 5.95 Å². The fourth-order valence-electron chi connectivity index (χ4n) is 4.65. The van der Waals surface area contributed by atoms with E-state index in [0.29, 0.717) is 6.61 Å². The summed E-state index contributed by atoms with van der Waals surface area (Å²) < 4.78 is 8.34. The summed E-state index contributed by atoms with van der Waals surface area (Å²) in [5.74, 6) is 1.51. The van der Waals surface area contributed by atoms with Crippen molar-refractivity contribution in [3.63, 3.8) is 0 Å². The molecule has 156 valence electrons. The van der Waals surface area contributed by atoms with Crippen LogP contribution in [0.15, 0.2) is 49.1 Å². The van der Waals surface area contributed by atoms with E-state index in [4.69, 9.17) is 14.7 Å². The molecule has 0 amide bonds. The summed E-state index contributed by atoms with van der Waals surface area (Å²) >= 11 is 0. The van der Waals surface area contributed by atoms with Gasteiger partial charge in [-0.3, -0.25) is 0 Å². The molecule has 0 aliphatic carbocycles. The van der Waals surface area contributed by atoms with Crippen LogP contribution < -0.4 is 4.90 Å². The fraction of sp³-hybridized carbons (Fsp3) is 0.348. The topological polar surface area (TPSA) is 81.9 Å². The molecule has 0 bridgehead atoms. The first-order chi connectivity index (χ1) is 15.2. The largest absolute Gasteiger partial charge is 0.368 e. The first-order valence-electron chi connectivity index (χ1n) is 10.7. The molecule has 1 saturated heterocycles. The molecule has 1 aromatic carbocycles. The van der Waals surface area contributed by atoms with Gasteiger partial charge in [0.25, 0.3) is 0 Å². The quantitative estimate of drug-likeness (QED) is 0.500. The Kier molecular flexibility index (Phi) is 4.21. The SMILES string of the molecule is Cn1cnc2cnc(N3CCC4(CC3)OCCc3cnc(-c5ccccc5)nc34)nc21. The number of hydrogen-bond donors (Lipinski definition) is 0. The minimum absolute atomic E-state index is 0.368. The van der Waals surface area contributed by atoms with E-state index in [9.17, 15) is 0 Å². The average Bonchev–Trinajstić information content (AvgIpc) is 3.20. The van der Waals surface area contributed by atoms with Crippen LogP contribution in [0.5, 0.6) is 0 Å². The molecule has 2 aliphatic rings. The Balaban J connectivity index is 1.30. The summed E-state index contributed by atoms with van der Waals surface area (Å²) in [6.07, 6.45) is 8.10. The van der Waals surface area contributed by atoms with E-state index < -0.39 is 0 Å². The van der Waals surface area contributed by atoms with Crippen LogP contribution in [-0.4, -0.2) is 49.2 Å². The second-order valence-corrected chi connectivity index (χ2v) is 8.25. The van der Waals surface area contributed by atoms with Crippen LogP contribution in [0.2, 0.25) is 0 Å². The second-order valence-electron chi connectivity index (χ2n) is 8.25. The van der Waals surface area contributed by atoms with Crippen molar-refractivity contribution >= 4 is 17.1 Å². The Morgan fingerprint density at radius 1 is 0.968 bits per heavy atom. The molecule has 0 saturated carbocycles. The Bertz CT molecular complexity index is 1250. The minimum atomic E-state index is -0.368. The highest BCUT2D eigenvalue weighted by atomic mass is 16.5. The second kappa shape index (κ2) is 7.09. The molecule has 0 atom stereocenters. The zero-order valence-corrected chi connectivity index (χ0v) is 17.4. The first-order valence-corrected chi connectivity index (χ1v) is 10.7. The first kappa shape index (κ1) is 18.4. The van der Waals surface area contributed by atoms with E-state index in [1.54, 1.807) is 12.5 Å². The highest BCUT2D eigenvalue weighted by molar-refractivity contribution is 5.70. The maximum atomic E-state index is 6.41. The van der Waals surface area contributed by atoms with Crippen LogP contribution in [0.1, 0.15) is 24.1 Å². The lowest BCUT2D eigenvalue weighted by atomic mass is 9.83. The number of aryl methyl sites for hydroxylation is 1. The third kappa shape index (κ3) is 3.06. The van der Waals surface area contributed by atoms with Crippen LogP contribution in [0, 0.1) is 0 Å². The third-order valence-corrected chi connectivity index (χ3v) is 6.37. The molecule has 4 aromatic rings. The van der Waals surface area contributed by atoms with Crippen molar-refractivity contribution < 1.29 is 4.74 Å². The standard InChI is InChI=1S/C23H23N7O/c1-29-15-26-18-14-25-22(28-21(18)29)30-10-8-23(9-11-30)19-17(7-12-31-23)13-24-20(27-19)16-5-3-2-4-6-16/h2-6,13-15H,7-12H2,1H3. The molecule has 2 aliphatic heterocycles. The molecule has 1 fully saturated rings. The van der Waals surface area contributed by atoms with Crippen molar-refractivity contribution in [2.75, 3.05) is 24.6 Å². The van der Waals surface area contributed by atoms with Gasteiger partial charge in [-0.2, -0.15) is 4.98 Å². The van der Waals surface area contributed by atoms with Crippen molar-refractivity contribution in [1.82, 2.24) is 29.5 Å². The van der Waals surface area contributed by atoms with Crippen molar-refractivity contribution in [2.45, 2.75) is 24.9 Å². The highest BCUT2D eigenvalue weighted by Crippen LogP contribution is 2.41. The van der Waals surface area contributed by atoms with Crippen molar-refractivity contribution in [2.24, 2.45) is 7.05 Å². The molecule has 31 heavy (non-hydrogen) atoms. The van der Waals surface area contributed by atoms with E-state index >= 15 is 0 Å². The molecule has 8 heteroatoms. The number of anilines is 1. The highest BCUT2D eigenvalue weighted by Gasteiger charge is 2.43. The Hall–Kier alpha value is -3.39. The number of piperidine rings is 1. The third-order valence-electron chi connectivity index (χ3n) is 6.37. The normalized spacial score (nSPS) is 17.8. The average molecular weight is 413 g/mol. The van der Waals surface area contributed by atoms with E-state index in [0.717, 1.165) is 66.5 Å². The Morgan fingerprint density at radius 3 is 2.65 bits per heavy atom. The predicted molar refractivity (Wildman–Crippen MR) is 117 cm³/mol. The monoisotopic (exact) mass is 413 g/mol. The molecule has 6 rings (SSSR count). The van der Waals surface area contributed by atoms with Crippen LogP contribution in [0.3, 0.4) is 0 Å². The molecule has 3 aromatic heterocycles. The molecule has 0 unspecified atom stereocenters. The summed E-state index contributed by atoms with van der Waals surface area (Å²) in [4.78, 5) is 25.5. The fourth-order valence-corrected chi connectivity index (χ4v) is 4.65. The molecule has 0 N–H and O–H groups in total. The molecule has 8 nitrogen and oxygen atoms in total. The number of nitrogens with zero attached hydrogens (tertiary/aromatic N) is 7. The van der Waals surface area contributed by atoms with E-state index in [1.807, 2.05) is 48.1 Å².